The molecule has 1 aromatic carbocycles. The second-order valence-corrected chi connectivity index (χ2v) is 6.64. The van der Waals surface area contributed by atoms with E-state index in [-0.39, 0.29) is 0 Å². The molecule has 0 aromatic heterocycles. The van der Waals surface area contributed by atoms with Gasteiger partial charge in [0.1, 0.15) is 11.9 Å². The fraction of sp³-hybridized carbons (Fsp3) is 0.385. The van der Waals surface area contributed by atoms with Gasteiger partial charge >= 0.3 is 12.0 Å². The zero-order valence-corrected chi connectivity index (χ0v) is 13.6. The Morgan fingerprint density at radius 3 is 2.90 bits per heavy atom. The van der Waals surface area contributed by atoms with Crippen molar-refractivity contribution in [3.05, 3.63) is 28.0 Å². The van der Waals surface area contributed by atoms with Gasteiger partial charge in [-0.05, 0) is 40.5 Å². The van der Waals surface area contributed by atoms with Gasteiger partial charge in [-0.15, -0.1) is 0 Å². The standard InChI is InChI=1S/C13H14BrFN2O3S/c1-7-4-8(14)9(15)5-10(7)16-13(20)17-2-3-21-6-11(17)12(18)19/h4-5,11H,2-3,6H2,1H3,(H,16,20)(H,18,19). The lowest BCUT2D eigenvalue weighted by atomic mass is 10.2. The number of hydrogen-bond donors (Lipinski definition) is 2. The summed E-state index contributed by atoms with van der Waals surface area (Å²) < 4.78 is 13.9. The Balaban J connectivity index is 2.17. The monoisotopic (exact) mass is 376 g/mol. The number of carboxylic acid groups (broad SMARTS) is 1. The average molecular weight is 377 g/mol. The lowest BCUT2D eigenvalue weighted by molar-refractivity contribution is -0.141. The van der Waals surface area contributed by atoms with Gasteiger partial charge in [0.2, 0.25) is 0 Å². The predicted molar refractivity (Wildman–Crippen MR) is 83.3 cm³/mol. The summed E-state index contributed by atoms with van der Waals surface area (Å²) in [6, 6.07) is 1.40. The van der Waals surface area contributed by atoms with Crippen LogP contribution in [0.3, 0.4) is 0 Å². The van der Waals surface area contributed by atoms with Gasteiger partial charge in [-0.3, -0.25) is 0 Å². The van der Waals surface area contributed by atoms with Crippen molar-refractivity contribution in [2.24, 2.45) is 0 Å². The van der Waals surface area contributed by atoms with Crippen molar-refractivity contribution in [2.75, 3.05) is 23.4 Å². The van der Waals surface area contributed by atoms with Crippen molar-refractivity contribution in [1.82, 2.24) is 4.90 Å². The van der Waals surface area contributed by atoms with Crippen LogP contribution in [0.2, 0.25) is 0 Å². The van der Waals surface area contributed by atoms with Gasteiger partial charge in [-0.1, -0.05) is 0 Å². The van der Waals surface area contributed by atoms with E-state index in [1.807, 2.05) is 0 Å². The molecule has 1 unspecified atom stereocenters. The van der Waals surface area contributed by atoms with Crippen LogP contribution < -0.4 is 5.32 Å². The van der Waals surface area contributed by atoms with E-state index >= 15 is 0 Å². The number of anilines is 1. The second kappa shape index (κ2) is 6.65. The van der Waals surface area contributed by atoms with Crippen LogP contribution in [-0.2, 0) is 4.79 Å². The normalized spacial score (nSPS) is 18.4. The average Bonchev–Trinajstić information content (AvgIpc) is 2.44. The largest absolute Gasteiger partial charge is 0.480 e. The number of aryl methyl sites for hydroxylation is 1. The van der Waals surface area contributed by atoms with Gasteiger partial charge in [0.25, 0.3) is 0 Å². The number of aliphatic carboxylic acids is 1. The number of halogens is 2. The molecule has 0 aliphatic carbocycles. The number of rotatable bonds is 2. The third-order valence-corrected chi connectivity index (χ3v) is 4.81. The summed E-state index contributed by atoms with van der Waals surface area (Å²) >= 11 is 4.57. The number of carbonyl (C=O) groups is 2. The smallest absolute Gasteiger partial charge is 0.327 e. The van der Waals surface area contributed by atoms with Gasteiger partial charge in [0, 0.05) is 23.7 Å². The molecule has 21 heavy (non-hydrogen) atoms. The third kappa shape index (κ3) is 3.68. The maximum atomic E-state index is 13.5. The minimum absolute atomic E-state index is 0.316. The predicted octanol–water partition coefficient (Wildman–Crippen LogP) is 2.93. The number of urea groups is 1. The lowest BCUT2D eigenvalue weighted by Gasteiger charge is -2.32. The first-order valence-electron chi connectivity index (χ1n) is 6.24. The molecule has 114 valence electrons. The zero-order chi connectivity index (χ0) is 15.6. The molecule has 1 atom stereocenters. The molecule has 2 rings (SSSR count). The summed E-state index contributed by atoms with van der Waals surface area (Å²) in [6.45, 7) is 2.09. The van der Waals surface area contributed by atoms with E-state index in [2.05, 4.69) is 21.2 Å². The molecule has 0 radical (unpaired) electrons. The third-order valence-electron chi connectivity index (χ3n) is 3.18. The number of carboxylic acids is 1. The van der Waals surface area contributed by atoms with E-state index < -0.39 is 23.9 Å². The first kappa shape index (κ1) is 16.1. The summed E-state index contributed by atoms with van der Waals surface area (Å²) in [5.74, 6) is -0.475. The van der Waals surface area contributed by atoms with Gasteiger partial charge in [-0.25, -0.2) is 14.0 Å². The SMILES string of the molecule is Cc1cc(Br)c(F)cc1NC(=O)N1CCSCC1C(=O)O. The number of hydrogen-bond acceptors (Lipinski definition) is 3. The quantitative estimate of drug-likeness (QED) is 0.832. The Hall–Kier alpha value is -1.28. The van der Waals surface area contributed by atoms with E-state index in [9.17, 15) is 14.0 Å². The first-order valence-corrected chi connectivity index (χ1v) is 8.18. The molecule has 1 saturated heterocycles. The van der Waals surface area contributed by atoms with Crippen LogP contribution in [0.25, 0.3) is 0 Å². The second-order valence-electron chi connectivity index (χ2n) is 4.63. The Morgan fingerprint density at radius 2 is 2.24 bits per heavy atom. The van der Waals surface area contributed by atoms with Crippen LogP contribution in [0, 0.1) is 12.7 Å². The van der Waals surface area contributed by atoms with Crippen LogP contribution in [0.1, 0.15) is 5.56 Å². The number of benzene rings is 1. The lowest BCUT2D eigenvalue weighted by Crippen LogP contribution is -2.51. The van der Waals surface area contributed by atoms with Crippen molar-refractivity contribution in [2.45, 2.75) is 13.0 Å². The summed E-state index contributed by atoms with van der Waals surface area (Å²) in [5, 5.41) is 11.7. The molecule has 1 aliphatic rings. The molecule has 1 heterocycles. The fourth-order valence-electron chi connectivity index (χ4n) is 2.02. The highest BCUT2D eigenvalue weighted by molar-refractivity contribution is 9.10. The summed E-state index contributed by atoms with van der Waals surface area (Å²) in [6.07, 6.45) is 0. The zero-order valence-electron chi connectivity index (χ0n) is 11.2. The first-order chi connectivity index (χ1) is 9.90. The number of amides is 2. The molecule has 1 fully saturated rings. The van der Waals surface area contributed by atoms with Crippen molar-refractivity contribution < 1.29 is 19.1 Å². The molecule has 5 nitrogen and oxygen atoms in total. The molecule has 8 heteroatoms. The molecular weight excluding hydrogens is 363 g/mol. The highest BCUT2D eigenvalue weighted by Crippen LogP contribution is 2.25. The topological polar surface area (TPSA) is 69.6 Å². The van der Waals surface area contributed by atoms with E-state index in [4.69, 9.17) is 5.11 Å². The van der Waals surface area contributed by atoms with E-state index in [0.717, 1.165) is 0 Å². The minimum Gasteiger partial charge on any atom is -0.480 e. The van der Waals surface area contributed by atoms with Gasteiger partial charge in [-0.2, -0.15) is 11.8 Å². The fourth-order valence-corrected chi connectivity index (χ4v) is 3.52. The summed E-state index contributed by atoms with van der Waals surface area (Å²) in [7, 11) is 0. The van der Waals surface area contributed by atoms with Crippen LogP contribution in [0.4, 0.5) is 14.9 Å². The van der Waals surface area contributed by atoms with Gasteiger partial charge in [0.15, 0.2) is 0 Å². The van der Waals surface area contributed by atoms with Crippen molar-refractivity contribution in [3.63, 3.8) is 0 Å². The van der Waals surface area contributed by atoms with Crippen LogP contribution in [0.15, 0.2) is 16.6 Å². The van der Waals surface area contributed by atoms with Crippen molar-refractivity contribution >= 4 is 45.4 Å². The van der Waals surface area contributed by atoms with Gasteiger partial charge in [0.05, 0.1) is 4.47 Å². The summed E-state index contributed by atoms with van der Waals surface area (Å²) in [5.41, 5.74) is 1.03. The van der Waals surface area contributed by atoms with Crippen molar-refractivity contribution in [3.8, 4) is 0 Å². The molecule has 2 amide bonds. The Kier molecular flexibility index (Phi) is 5.10. The van der Waals surface area contributed by atoms with Gasteiger partial charge < -0.3 is 15.3 Å². The number of nitrogens with zero attached hydrogens (tertiary/aromatic N) is 1. The molecular formula is C13H14BrFN2O3S. The van der Waals surface area contributed by atoms with Crippen LogP contribution in [-0.4, -0.2) is 46.1 Å². The Morgan fingerprint density at radius 1 is 1.52 bits per heavy atom. The number of nitrogens with one attached hydrogen (secondary N) is 1. The van der Waals surface area contributed by atoms with Crippen LogP contribution >= 0.6 is 27.7 Å². The van der Waals surface area contributed by atoms with E-state index in [1.165, 1.54) is 22.7 Å². The summed E-state index contributed by atoms with van der Waals surface area (Å²) in [4.78, 5) is 24.7. The molecule has 0 saturated carbocycles. The Labute approximate surface area is 134 Å². The molecule has 1 aromatic rings. The Bertz CT molecular complexity index is 585. The van der Waals surface area contributed by atoms with E-state index in [1.54, 1.807) is 13.0 Å². The van der Waals surface area contributed by atoms with Crippen molar-refractivity contribution in [1.29, 1.82) is 0 Å². The minimum atomic E-state index is -1.03. The molecule has 1 aliphatic heterocycles. The molecule has 2 N–H and O–H groups in total. The number of carbonyl (C=O) groups excluding carboxylic acids is 1. The maximum absolute atomic E-state index is 13.5. The van der Waals surface area contributed by atoms with Crippen LogP contribution in [0.5, 0.6) is 0 Å². The highest BCUT2D eigenvalue weighted by Gasteiger charge is 2.32. The molecule has 0 spiro atoms. The maximum Gasteiger partial charge on any atom is 0.327 e. The number of thioether (sulfide) groups is 1. The molecule has 0 bridgehead atoms. The van der Waals surface area contributed by atoms with E-state index in [0.29, 0.717) is 33.8 Å². The highest BCUT2D eigenvalue weighted by atomic mass is 79.9.